The van der Waals surface area contributed by atoms with E-state index in [1.807, 2.05) is 0 Å². The van der Waals surface area contributed by atoms with E-state index in [2.05, 4.69) is 35.5 Å². The number of aromatic nitrogens is 4. The number of hydrogen-bond acceptors (Lipinski definition) is 8. The summed E-state index contributed by atoms with van der Waals surface area (Å²) in [6.07, 6.45) is 9.99. The standard InChI is InChI=1S/C24H30ClFN8/c25-19-11-18(5-6-20(19)26)31-23-22-21(29-14-30-23)12-28-24(33-22)32-17-3-1-15(2-4-17)13-34-9-7-16(27)8-10-34/h5-6,11-12,14-17H,1-4,7-10,13,27H2,(H,28,32,33)(H,29,30,31). The summed E-state index contributed by atoms with van der Waals surface area (Å²) in [5.41, 5.74) is 7.88. The van der Waals surface area contributed by atoms with Gasteiger partial charge in [-0.2, -0.15) is 0 Å². The second kappa shape index (κ2) is 10.3. The molecule has 5 rings (SSSR count). The lowest BCUT2D eigenvalue weighted by Crippen LogP contribution is -2.42. The monoisotopic (exact) mass is 484 g/mol. The normalized spacial score (nSPS) is 22.1. The summed E-state index contributed by atoms with van der Waals surface area (Å²) in [7, 11) is 0. The minimum absolute atomic E-state index is 0.0415. The first-order chi connectivity index (χ1) is 16.5. The fourth-order valence-corrected chi connectivity index (χ4v) is 5.08. The van der Waals surface area contributed by atoms with Crippen LogP contribution in [-0.2, 0) is 0 Å². The van der Waals surface area contributed by atoms with Crippen LogP contribution in [0.5, 0.6) is 0 Å². The highest BCUT2D eigenvalue weighted by molar-refractivity contribution is 6.31. The number of likely N-dealkylation sites (tertiary alicyclic amines) is 1. The topological polar surface area (TPSA) is 105 Å². The second-order valence-electron chi connectivity index (χ2n) is 9.40. The van der Waals surface area contributed by atoms with Crippen LogP contribution in [0.15, 0.2) is 30.7 Å². The molecule has 0 bridgehead atoms. The summed E-state index contributed by atoms with van der Waals surface area (Å²) < 4.78 is 13.5. The lowest BCUT2D eigenvalue weighted by molar-refractivity contribution is 0.162. The second-order valence-corrected chi connectivity index (χ2v) is 9.81. The van der Waals surface area contributed by atoms with Crippen molar-refractivity contribution in [2.24, 2.45) is 11.7 Å². The summed E-state index contributed by atoms with van der Waals surface area (Å²) in [5, 5.41) is 6.71. The molecule has 180 valence electrons. The van der Waals surface area contributed by atoms with Crippen LogP contribution in [0.25, 0.3) is 11.0 Å². The first-order valence-electron chi connectivity index (χ1n) is 12.0. The minimum atomic E-state index is -0.469. The molecular weight excluding hydrogens is 455 g/mol. The van der Waals surface area contributed by atoms with Crippen LogP contribution in [-0.4, -0.2) is 56.6 Å². The van der Waals surface area contributed by atoms with Gasteiger partial charge in [0.15, 0.2) is 5.82 Å². The third-order valence-electron chi connectivity index (χ3n) is 6.89. The van der Waals surface area contributed by atoms with Crippen molar-refractivity contribution in [3.05, 3.63) is 41.6 Å². The van der Waals surface area contributed by atoms with Gasteiger partial charge in [0.2, 0.25) is 5.95 Å². The van der Waals surface area contributed by atoms with E-state index in [0.717, 1.165) is 44.7 Å². The SMILES string of the molecule is NC1CCN(CC2CCC(Nc3ncc4ncnc(Nc5ccc(F)c(Cl)c5)c4n3)CC2)CC1. The maximum atomic E-state index is 13.5. The summed E-state index contributed by atoms with van der Waals surface area (Å²) in [6.45, 7) is 3.45. The molecule has 0 radical (unpaired) electrons. The largest absolute Gasteiger partial charge is 0.351 e. The Morgan fingerprint density at radius 1 is 1.06 bits per heavy atom. The zero-order valence-electron chi connectivity index (χ0n) is 19.1. The number of fused-ring (bicyclic) bond motifs is 1. The zero-order valence-corrected chi connectivity index (χ0v) is 19.8. The van der Waals surface area contributed by atoms with Crippen molar-refractivity contribution >= 4 is 40.1 Å². The molecule has 4 N–H and O–H groups in total. The molecule has 10 heteroatoms. The summed E-state index contributed by atoms with van der Waals surface area (Å²) in [4.78, 5) is 20.3. The number of nitrogens with two attached hydrogens (primary N) is 1. The molecule has 0 unspecified atom stereocenters. The predicted octanol–water partition coefficient (Wildman–Crippen LogP) is 4.35. The van der Waals surface area contributed by atoms with Crippen LogP contribution in [0.4, 0.5) is 21.8 Å². The molecule has 0 amide bonds. The average molecular weight is 485 g/mol. The molecule has 3 heterocycles. The molecule has 34 heavy (non-hydrogen) atoms. The third-order valence-corrected chi connectivity index (χ3v) is 7.18. The van der Waals surface area contributed by atoms with E-state index in [4.69, 9.17) is 17.3 Å². The number of anilines is 3. The van der Waals surface area contributed by atoms with Gasteiger partial charge in [-0.05, 0) is 75.7 Å². The van der Waals surface area contributed by atoms with E-state index < -0.39 is 5.82 Å². The maximum absolute atomic E-state index is 13.5. The predicted molar refractivity (Wildman–Crippen MR) is 133 cm³/mol. The van der Waals surface area contributed by atoms with Crippen molar-refractivity contribution in [2.45, 2.75) is 50.6 Å². The van der Waals surface area contributed by atoms with Gasteiger partial charge in [0.25, 0.3) is 0 Å². The lowest BCUT2D eigenvalue weighted by atomic mass is 9.85. The van der Waals surface area contributed by atoms with Gasteiger partial charge in [0, 0.05) is 24.3 Å². The maximum Gasteiger partial charge on any atom is 0.223 e. The molecule has 1 saturated heterocycles. The van der Waals surface area contributed by atoms with Crippen LogP contribution >= 0.6 is 11.6 Å². The van der Waals surface area contributed by atoms with Gasteiger partial charge in [-0.3, -0.25) is 0 Å². The van der Waals surface area contributed by atoms with E-state index in [1.54, 1.807) is 12.3 Å². The van der Waals surface area contributed by atoms with Crippen LogP contribution in [0.2, 0.25) is 5.02 Å². The Bertz CT molecular complexity index is 1130. The fourth-order valence-electron chi connectivity index (χ4n) is 4.90. The van der Waals surface area contributed by atoms with Gasteiger partial charge in [0.1, 0.15) is 23.2 Å². The summed E-state index contributed by atoms with van der Waals surface area (Å²) in [5.74, 6) is 1.36. The molecule has 2 aromatic heterocycles. The number of nitrogens with zero attached hydrogens (tertiary/aromatic N) is 5. The fraction of sp³-hybridized carbons (Fsp3) is 0.500. The van der Waals surface area contributed by atoms with Crippen LogP contribution in [0.3, 0.4) is 0 Å². The van der Waals surface area contributed by atoms with E-state index in [-0.39, 0.29) is 5.02 Å². The van der Waals surface area contributed by atoms with Crippen molar-refractivity contribution in [2.75, 3.05) is 30.3 Å². The molecule has 1 aliphatic heterocycles. The molecule has 0 atom stereocenters. The Morgan fingerprint density at radius 3 is 2.62 bits per heavy atom. The molecule has 8 nitrogen and oxygen atoms in total. The van der Waals surface area contributed by atoms with Crippen molar-refractivity contribution in [1.29, 1.82) is 0 Å². The molecule has 1 saturated carbocycles. The Hall–Kier alpha value is -2.62. The first kappa shape index (κ1) is 23.1. The summed E-state index contributed by atoms with van der Waals surface area (Å²) >= 11 is 5.91. The molecular formula is C24H30ClFN8. The Morgan fingerprint density at radius 2 is 1.85 bits per heavy atom. The van der Waals surface area contributed by atoms with E-state index in [9.17, 15) is 4.39 Å². The van der Waals surface area contributed by atoms with Gasteiger partial charge >= 0.3 is 0 Å². The van der Waals surface area contributed by atoms with Crippen LogP contribution in [0.1, 0.15) is 38.5 Å². The van der Waals surface area contributed by atoms with Gasteiger partial charge in [-0.1, -0.05) is 11.6 Å². The zero-order chi connectivity index (χ0) is 23.5. The molecule has 2 aliphatic rings. The highest BCUT2D eigenvalue weighted by Crippen LogP contribution is 2.29. The Labute approximate surface area is 203 Å². The number of piperidine rings is 1. The molecule has 3 aromatic rings. The smallest absolute Gasteiger partial charge is 0.223 e. The first-order valence-corrected chi connectivity index (χ1v) is 12.4. The average Bonchev–Trinajstić information content (AvgIpc) is 2.84. The highest BCUT2D eigenvalue weighted by atomic mass is 35.5. The lowest BCUT2D eigenvalue weighted by Gasteiger charge is -2.36. The quantitative estimate of drug-likeness (QED) is 0.474. The highest BCUT2D eigenvalue weighted by Gasteiger charge is 2.25. The van der Waals surface area contributed by atoms with Crippen LogP contribution < -0.4 is 16.4 Å². The molecule has 1 aromatic carbocycles. The van der Waals surface area contributed by atoms with Crippen molar-refractivity contribution in [3.8, 4) is 0 Å². The number of nitrogens with one attached hydrogen (secondary N) is 2. The van der Waals surface area contributed by atoms with Crippen molar-refractivity contribution in [1.82, 2.24) is 24.8 Å². The Kier molecular flexibility index (Phi) is 7.03. The Balaban J connectivity index is 1.21. The molecule has 0 spiro atoms. The number of benzene rings is 1. The third kappa shape index (κ3) is 5.54. The van der Waals surface area contributed by atoms with Crippen LogP contribution in [0, 0.1) is 11.7 Å². The van der Waals surface area contributed by atoms with E-state index >= 15 is 0 Å². The van der Waals surface area contributed by atoms with E-state index in [1.165, 1.54) is 37.8 Å². The minimum Gasteiger partial charge on any atom is -0.351 e. The number of rotatable bonds is 6. The van der Waals surface area contributed by atoms with Gasteiger partial charge in [0.05, 0.1) is 11.2 Å². The van der Waals surface area contributed by atoms with Gasteiger partial charge in [-0.15, -0.1) is 0 Å². The van der Waals surface area contributed by atoms with Gasteiger partial charge < -0.3 is 21.3 Å². The van der Waals surface area contributed by atoms with E-state index in [0.29, 0.717) is 40.6 Å². The number of halogens is 2. The molecule has 2 fully saturated rings. The van der Waals surface area contributed by atoms with Gasteiger partial charge in [-0.25, -0.2) is 24.3 Å². The van der Waals surface area contributed by atoms with Crippen molar-refractivity contribution in [3.63, 3.8) is 0 Å². The molecule has 1 aliphatic carbocycles. The number of hydrogen-bond donors (Lipinski definition) is 3. The summed E-state index contributed by atoms with van der Waals surface area (Å²) in [6, 6.07) is 5.16. The van der Waals surface area contributed by atoms with Crippen molar-refractivity contribution < 1.29 is 4.39 Å².